The van der Waals surface area contributed by atoms with E-state index in [2.05, 4.69) is 10.6 Å². The lowest BCUT2D eigenvalue weighted by Crippen LogP contribution is -2.41. The number of aldehydes is 1. The van der Waals surface area contributed by atoms with Crippen LogP contribution >= 0.6 is 0 Å². The fourth-order valence-electron chi connectivity index (χ4n) is 2.39. The van der Waals surface area contributed by atoms with Gasteiger partial charge in [-0.2, -0.15) is 0 Å². The largest absolute Gasteiger partial charge is 0.483 e. The van der Waals surface area contributed by atoms with E-state index in [0.717, 1.165) is 5.56 Å². The van der Waals surface area contributed by atoms with E-state index in [9.17, 15) is 14.4 Å². The highest BCUT2D eigenvalue weighted by Crippen LogP contribution is 2.18. The van der Waals surface area contributed by atoms with Gasteiger partial charge >= 0.3 is 0 Å². The molecule has 2 N–H and O–H groups in total. The molecule has 1 aromatic rings. The Labute approximate surface area is 143 Å². The molecule has 6 heteroatoms. The molecular formula is C18H26N2O4. The molecule has 0 aliphatic rings. The zero-order valence-electron chi connectivity index (χ0n) is 14.7. The number of nitrogens with one attached hydrogen (secondary N) is 2. The zero-order chi connectivity index (χ0) is 18.1. The summed E-state index contributed by atoms with van der Waals surface area (Å²) >= 11 is 0. The molecule has 132 valence electrons. The van der Waals surface area contributed by atoms with E-state index < -0.39 is 0 Å². The normalized spacial score (nSPS) is 11.7. The molecule has 0 aliphatic heterocycles. The quantitative estimate of drug-likeness (QED) is 0.675. The Morgan fingerprint density at radius 1 is 1.25 bits per heavy atom. The van der Waals surface area contributed by atoms with E-state index in [0.29, 0.717) is 29.9 Å². The van der Waals surface area contributed by atoms with Gasteiger partial charge in [0.15, 0.2) is 12.9 Å². The maximum atomic E-state index is 12.1. The average molecular weight is 334 g/mol. The molecule has 0 saturated heterocycles. The molecule has 2 amide bonds. The third kappa shape index (κ3) is 6.81. The van der Waals surface area contributed by atoms with Crippen LogP contribution in [0.5, 0.6) is 5.75 Å². The Balaban J connectivity index is 2.62. The molecule has 0 bridgehead atoms. The fourth-order valence-corrected chi connectivity index (χ4v) is 2.39. The Morgan fingerprint density at radius 3 is 2.54 bits per heavy atom. The first-order valence-electron chi connectivity index (χ1n) is 8.04. The van der Waals surface area contributed by atoms with Crippen LogP contribution in [0.15, 0.2) is 18.2 Å². The molecule has 0 fully saturated rings. The van der Waals surface area contributed by atoms with E-state index in [1.54, 1.807) is 19.2 Å². The highest BCUT2D eigenvalue weighted by Gasteiger charge is 2.18. The maximum Gasteiger partial charge on any atom is 0.258 e. The molecule has 1 atom stereocenters. The first-order valence-corrected chi connectivity index (χ1v) is 8.04. The van der Waals surface area contributed by atoms with Gasteiger partial charge in [0, 0.05) is 19.5 Å². The second-order valence-electron chi connectivity index (χ2n) is 6.22. The summed E-state index contributed by atoms with van der Waals surface area (Å²) < 4.78 is 5.44. The molecule has 0 spiro atoms. The van der Waals surface area contributed by atoms with Gasteiger partial charge in [0.25, 0.3) is 5.91 Å². The number of carbonyl (C=O) groups is 3. The minimum atomic E-state index is -0.318. The Morgan fingerprint density at radius 2 is 1.96 bits per heavy atom. The minimum absolute atomic E-state index is 0.122. The van der Waals surface area contributed by atoms with Crippen LogP contribution in [0.2, 0.25) is 0 Å². The van der Waals surface area contributed by atoms with Gasteiger partial charge in [0.2, 0.25) is 5.91 Å². The first-order chi connectivity index (χ1) is 11.3. The van der Waals surface area contributed by atoms with Crippen molar-refractivity contribution in [1.29, 1.82) is 0 Å². The number of amides is 2. The second kappa shape index (κ2) is 9.70. The van der Waals surface area contributed by atoms with Crippen LogP contribution in [-0.4, -0.2) is 37.8 Å². The predicted molar refractivity (Wildman–Crippen MR) is 92.1 cm³/mol. The molecule has 0 unspecified atom stereocenters. The number of aryl methyl sites for hydroxylation is 1. The summed E-state index contributed by atoms with van der Waals surface area (Å²) in [6, 6.07) is 4.94. The number of carbonyl (C=O) groups excluding carboxylic acids is 3. The highest BCUT2D eigenvalue weighted by atomic mass is 16.5. The van der Waals surface area contributed by atoms with Gasteiger partial charge in [-0.3, -0.25) is 14.4 Å². The van der Waals surface area contributed by atoms with Crippen molar-refractivity contribution >= 4 is 18.1 Å². The SMILES string of the molecule is CNC(=O)C[C@H](CC(C)C)NC(=O)COc1ccc(C)cc1C=O. The lowest BCUT2D eigenvalue weighted by molar-refractivity contribution is -0.125. The van der Waals surface area contributed by atoms with Gasteiger partial charge in [-0.25, -0.2) is 0 Å². The smallest absolute Gasteiger partial charge is 0.258 e. The predicted octanol–water partition coefficient (Wildman–Crippen LogP) is 1.85. The summed E-state index contributed by atoms with van der Waals surface area (Å²) in [5.74, 6) is 0.280. The third-order valence-corrected chi connectivity index (χ3v) is 3.48. The highest BCUT2D eigenvalue weighted by molar-refractivity contribution is 5.82. The summed E-state index contributed by atoms with van der Waals surface area (Å²) in [6.45, 7) is 5.73. The molecule has 0 radical (unpaired) electrons. The monoisotopic (exact) mass is 334 g/mol. The number of benzene rings is 1. The lowest BCUT2D eigenvalue weighted by atomic mass is 10.0. The van der Waals surface area contributed by atoms with Gasteiger partial charge < -0.3 is 15.4 Å². The van der Waals surface area contributed by atoms with Gasteiger partial charge in [0.05, 0.1) is 5.56 Å². The molecule has 6 nitrogen and oxygen atoms in total. The summed E-state index contributed by atoms with van der Waals surface area (Å²) in [6.07, 6.45) is 1.63. The maximum absolute atomic E-state index is 12.1. The van der Waals surface area contributed by atoms with Crippen LogP contribution < -0.4 is 15.4 Å². The summed E-state index contributed by atoms with van der Waals surface area (Å²) in [5.41, 5.74) is 1.35. The molecule has 0 aliphatic carbocycles. The van der Waals surface area contributed by atoms with Crippen LogP contribution in [0.1, 0.15) is 42.6 Å². The third-order valence-electron chi connectivity index (χ3n) is 3.48. The van der Waals surface area contributed by atoms with E-state index in [1.807, 2.05) is 26.8 Å². The average Bonchev–Trinajstić information content (AvgIpc) is 2.52. The van der Waals surface area contributed by atoms with Crippen molar-refractivity contribution < 1.29 is 19.1 Å². The molecular weight excluding hydrogens is 308 g/mol. The van der Waals surface area contributed by atoms with E-state index in [4.69, 9.17) is 4.74 Å². The first kappa shape index (κ1) is 19.7. The van der Waals surface area contributed by atoms with Gasteiger partial charge in [-0.1, -0.05) is 25.5 Å². The van der Waals surface area contributed by atoms with E-state index in [-0.39, 0.29) is 30.9 Å². The summed E-state index contributed by atoms with van der Waals surface area (Å²) in [7, 11) is 1.57. The van der Waals surface area contributed by atoms with Crippen LogP contribution in [0.4, 0.5) is 0 Å². The zero-order valence-corrected chi connectivity index (χ0v) is 14.7. The lowest BCUT2D eigenvalue weighted by Gasteiger charge is -2.20. The molecule has 0 saturated carbocycles. The molecule has 0 aromatic heterocycles. The molecule has 24 heavy (non-hydrogen) atoms. The Bertz CT molecular complexity index is 584. The van der Waals surface area contributed by atoms with Crippen LogP contribution in [0, 0.1) is 12.8 Å². The number of hydrogen-bond acceptors (Lipinski definition) is 4. The second-order valence-corrected chi connectivity index (χ2v) is 6.22. The van der Waals surface area contributed by atoms with Crippen molar-refractivity contribution in [3.63, 3.8) is 0 Å². The van der Waals surface area contributed by atoms with Crippen molar-refractivity contribution in [1.82, 2.24) is 10.6 Å². The summed E-state index contributed by atoms with van der Waals surface area (Å²) in [5, 5.41) is 5.38. The minimum Gasteiger partial charge on any atom is -0.483 e. The topological polar surface area (TPSA) is 84.5 Å². The molecule has 1 rings (SSSR count). The van der Waals surface area contributed by atoms with Crippen molar-refractivity contribution in [2.45, 2.75) is 39.7 Å². The van der Waals surface area contributed by atoms with Crippen LogP contribution in [0.25, 0.3) is 0 Å². The van der Waals surface area contributed by atoms with Gasteiger partial charge in [0.1, 0.15) is 5.75 Å². The van der Waals surface area contributed by atoms with Crippen LogP contribution in [-0.2, 0) is 9.59 Å². The Kier molecular flexibility index (Phi) is 7.95. The number of hydrogen-bond donors (Lipinski definition) is 2. The van der Waals surface area contributed by atoms with Crippen molar-refractivity contribution in [2.75, 3.05) is 13.7 Å². The fraction of sp³-hybridized carbons (Fsp3) is 0.500. The van der Waals surface area contributed by atoms with Crippen LogP contribution in [0.3, 0.4) is 0 Å². The number of rotatable bonds is 9. The number of ether oxygens (including phenoxy) is 1. The van der Waals surface area contributed by atoms with Gasteiger partial charge in [-0.05, 0) is 31.4 Å². The Hall–Kier alpha value is -2.37. The van der Waals surface area contributed by atoms with Gasteiger partial charge in [-0.15, -0.1) is 0 Å². The van der Waals surface area contributed by atoms with Crippen molar-refractivity contribution in [3.05, 3.63) is 29.3 Å². The van der Waals surface area contributed by atoms with E-state index >= 15 is 0 Å². The van der Waals surface area contributed by atoms with Crippen molar-refractivity contribution in [2.24, 2.45) is 5.92 Å². The summed E-state index contributed by atoms with van der Waals surface area (Å²) in [4.78, 5) is 34.7. The van der Waals surface area contributed by atoms with Crippen molar-refractivity contribution in [3.8, 4) is 5.75 Å². The van der Waals surface area contributed by atoms with E-state index in [1.165, 1.54) is 0 Å². The molecule has 0 heterocycles. The molecule has 1 aromatic carbocycles. The standard InChI is InChI=1S/C18H26N2O4/c1-12(2)7-15(9-17(22)19-4)20-18(23)11-24-16-6-5-13(3)8-14(16)10-21/h5-6,8,10,12,15H,7,9,11H2,1-4H3,(H,19,22)(H,20,23)/t15-/m0/s1.